The summed E-state index contributed by atoms with van der Waals surface area (Å²) in [5.74, 6) is -0.299. The van der Waals surface area contributed by atoms with E-state index in [2.05, 4.69) is 5.32 Å². The lowest BCUT2D eigenvalue weighted by Crippen LogP contribution is -2.41. The molecule has 100 valence electrons. The normalized spacial score (nSPS) is 24.2. The molecule has 1 aromatic carbocycles. The number of hydrogen-bond acceptors (Lipinski definition) is 2. The van der Waals surface area contributed by atoms with Crippen LogP contribution in [0.3, 0.4) is 0 Å². The van der Waals surface area contributed by atoms with Crippen LogP contribution < -0.4 is 11.1 Å². The third-order valence-corrected chi connectivity index (χ3v) is 3.77. The Morgan fingerprint density at radius 1 is 1.22 bits per heavy atom. The second-order valence-corrected chi connectivity index (χ2v) is 5.00. The maximum atomic E-state index is 13.5. The lowest BCUT2D eigenvalue weighted by atomic mass is 9.84. The number of benzene rings is 1. The van der Waals surface area contributed by atoms with Crippen molar-refractivity contribution in [2.45, 2.75) is 38.3 Å². The highest BCUT2D eigenvalue weighted by Crippen LogP contribution is 2.24. The van der Waals surface area contributed by atoms with E-state index in [9.17, 15) is 8.78 Å². The van der Waals surface area contributed by atoms with Crippen molar-refractivity contribution in [2.75, 3.05) is 6.54 Å². The molecule has 0 aromatic heterocycles. The van der Waals surface area contributed by atoms with E-state index in [1.54, 1.807) is 0 Å². The number of nitrogens with two attached hydrogens (primary N) is 1. The van der Waals surface area contributed by atoms with Crippen LogP contribution in [0, 0.1) is 17.6 Å². The Labute approximate surface area is 107 Å². The summed E-state index contributed by atoms with van der Waals surface area (Å²) in [5, 5.41) is 3.32. The number of nitrogens with one attached hydrogen (secondary N) is 1. The molecule has 2 rings (SSSR count). The largest absolute Gasteiger partial charge is 0.330 e. The molecule has 0 heterocycles. The Kier molecular flexibility index (Phi) is 4.66. The average Bonchev–Trinajstić information content (AvgIpc) is 2.40. The van der Waals surface area contributed by atoms with Gasteiger partial charge in [0.1, 0.15) is 11.6 Å². The van der Waals surface area contributed by atoms with Gasteiger partial charge >= 0.3 is 0 Å². The molecule has 1 aromatic rings. The van der Waals surface area contributed by atoms with Gasteiger partial charge in [0.15, 0.2) is 0 Å². The van der Waals surface area contributed by atoms with Crippen molar-refractivity contribution >= 4 is 0 Å². The monoisotopic (exact) mass is 254 g/mol. The van der Waals surface area contributed by atoms with Gasteiger partial charge in [-0.2, -0.15) is 0 Å². The molecular weight excluding hydrogens is 234 g/mol. The fourth-order valence-corrected chi connectivity index (χ4v) is 2.68. The van der Waals surface area contributed by atoms with E-state index in [0.29, 0.717) is 30.6 Å². The lowest BCUT2D eigenvalue weighted by molar-refractivity contribution is 0.266. The van der Waals surface area contributed by atoms with Crippen molar-refractivity contribution in [3.8, 4) is 0 Å². The van der Waals surface area contributed by atoms with E-state index in [1.165, 1.54) is 25.0 Å². The van der Waals surface area contributed by atoms with Gasteiger partial charge in [-0.15, -0.1) is 0 Å². The van der Waals surface area contributed by atoms with Gasteiger partial charge in [-0.25, -0.2) is 8.78 Å². The topological polar surface area (TPSA) is 38.0 Å². The summed E-state index contributed by atoms with van der Waals surface area (Å²) >= 11 is 0. The molecular formula is C14H20F2N2. The highest BCUT2D eigenvalue weighted by Gasteiger charge is 2.23. The van der Waals surface area contributed by atoms with Crippen molar-refractivity contribution in [1.82, 2.24) is 5.32 Å². The molecule has 2 unspecified atom stereocenters. The van der Waals surface area contributed by atoms with Crippen LogP contribution in [-0.4, -0.2) is 12.6 Å². The van der Waals surface area contributed by atoms with Gasteiger partial charge in [0, 0.05) is 18.2 Å². The third-order valence-electron chi connectivity index (χ3n) is 3.77. The van der Waals surface area contributed by atoms with E-state index >= 15 is 0 Å². The number of hydrogen-bond donors (Lipinski definition) is 2. The van der Waals surface area contributed by atoms with Gasteiger partial charge in [0.25, 0.3) is 0 Å². The molecule has 1 aliphatic carbocycles. The van der Waals surface area contributed by atoms with Gasteiger partial charge in [-0.1, -0.05) is 12.8 Å². The second-order valence-electron chi connectivity index (χ2n) is 5.00. The first kappa shape index (κ1) is 13.4. The van der Waals surface area contributed by atoms with Crippen LogP contribution in [0.4, 0.5) is 8.78 Å². The Morgan fingerprint density at radius 3 is 2.78 bits per heavy atom. The molecule has 0 bridgehead atoms. The quantitative estimate of drug-likeness (QED) is 0.866. The first-order chi connectivity index (χ1) is 8.70. The summed E-state index contributed by atoms with van der Waals surface area (Å²) in [7, 11) is 0. The summed E-state index contributed by atoms with van der Waals surface area (Å²) in [4.78, 5) is 0. The molecule has 4 heteroatoms. The standard InChI is InChI=1S/C14H20F2N2/c15-12-5-6-13(16)11(7-12)9-18-14-4-2-1-3-10(14)8-17/h5-7,10,14,18H,1-4,8-9,17H2. The molecule has 18 heavy (non-hydrogen) atoms. The predicted molar refractivity (Wildman–Crippen MR) is 68.0 cm³/mol. The summed E-state index contributed by atoms with van der Waals surface area (Å²) in [5.41, 5.74) is 6.13. The molecule has 1 fully saturated rings. The summed E-state index contributed by atoms with van der Waals surface area (Å²) in [6.07, 6.45) is 4.59. The van der Waals surface area contributed by atoms with Gasteiger partial charge < -0.3 is 11.1 Å². The highest BCUT2D eigenvalue weighted by molar-refractivity contribution is 5.18. The minimum atomic E-state index is -0.396. The van der Waals surface area contributed by atoms with Crippen LogP contribution in [0.25, 0.3) is 0 Å². The molecule has 0 saturated heterocycles. The third kappa shape index (κ3) is 3.27. The van der Waals surface area contributed by atoms with Gasteiger partial charge in [0.05, 0.1) is 0 Å². The van der Waals surface area contributed by atoms with E-state index < -0.39 is 5.82 Å². The van der Waals surface area contributed by atoms with Gasteiger partial charge in [-0.3, -0.25) is 0 Å². The maximum Gasteiger partial charge on any atom is 0.127 e. The predicted octanol–water partition coefficient (Wildman–Crippen LogP) is 2.57. The van der Waals surface area contributed by atoms with Crippen LogP contribution >= 0.6 is 0 Å². The van der Waals surface area contributed by atoms with Crippen LogP contribution in [0.15, 0.2) is 18.2 Å². The average molecular weight is 254 g/mol. The van der Waals surface area contributed by atoms with Crippen molar-refractivity contribution in [3.63, 3.8) is 0 Å². The van der Waals surface area contributed by atoms with Crippen molar-refractivity contribution in [3.05, 3.63) is 35.4 Å². The highest BCUT2D eigenvalue weighted by atomic mass is 19.1. The second kappa shape index (κ2) is 6.25. The maximum absolute atomic E-state index is 13.5. The zero-order valence-corrected chi connectivity index (χ0v) is 10.5. The van der Waals surface area contributed by atoms with E-state index in [0.717, 1.165) is 18.9 Å². The minimum absolute atomic E-state index is 0.325. The Bertz CT molecular complexity index is 395. The van der Waals surface area contributed by atoms with E-state index in [4.69, 9.17) is 5.73 Å². The SMILES string of the molecule is NCC1CCCCC1NCc1cc(F)ccc1F. The fourth-order valence-electron chi connectivity index (χ4n) is 2.68. The molecule has 2 atom stereocenters. The van der Waals surface area contributed by atoms with Crippen molar-refractivity contribution in [1.29, 1.82) is 0 Å². The van der Waals surface area contributed by atoms with Crippen LogP contribution in [0.5, 0.6) is 0 Å². The van der Waals surface area contributed by atoms with Crippen LogP contribution in [0.1, 0.15) is 31.2 Å². The number of rotatable bonds is 4. The summed E-state index contributed by atoms with van der Waals surface area (Å²) in [6, 6.07) is 3.89. The number of halogens is 2. The Balaban J connectivity index is 1.95. The Hall–Kier alpha value is -1.00. The zero-order valence-electron chi connectivity index (χ0n) is 10.5. The fraction of sp³-hybridized carbons (Fsp3) is 0.571. The molecule has 0 aliphatic heterocycles. The van der Waals surface area contributed by atoms with Gasteiger partial charge in [-0.05, 0) is 43.5 Å². The lowest BCUT2D eigenvalue weighted by Gasteiger charge is -2.31. The summed E-state index contributed by atoms with van der Waals surface area (Å²) in [6.45, 7) is 1.02. The Morgan fingerprint density at radius 2 is 2.00 bits per heavy atom. The molecule has 0 radical (unpaired) electrons. The van der Waals surface area contributed by atoms with E-state index in [-0.39, 0.29) is 5.82 Å². The van der Waals surface area contributed by atoms with Crippen molar-refractivity contribution in [2.24, 2.45) is 11.7 Å². The molecule has 0 spiro atoms. The summed E-state index contributed by atoms with van der Waals surface area (Å²) < 4.78 is 26.5. The first-order valence-corrected chi connectivity index (χ1v) is 6.58. The zero-order chi connectivity index (χ0) is 13.0. The first-order valence-electron chi connectivity index (χ1n) is 6.58. The smallest absolute Gasteiger partial charge is 0.127 e. The molecule has 2 nitrogen and oxygen atoms in total. The molecule has 1 aliphatic rings. The molecule has 3 N–H and O–H groups in total. The van der Waals surface area contributed by atoms with E-state index in [1.807, 2.05) is 0 Å². The van der Waals surface area contributed by atoms with Crippen molar-refractivity contribution < 1.29 is 8.78 Å². The molecule has 1 saturated carbocycles. The van der Waals surface area contributed by atoms with Gasteiger partial charge in [0.2, 0.25) is 0 Å². The molecule has 0 amide bonds. The van der Waals surface area contributed by atoms with Crippen LogP contribution in [-0.2, 0) is 6.54 Å². The minimum Gasteiger partial charge on any atom is -0.330 e. The van der Waals surface area contributed by atoms with Crippen LogP contribution in [0.2, 0.25) is 0 Å².